The number of hydrogen-bond acceptors (Lipinski definition) is 4. The number of halogens is 1. The fourth-order valence-electron chi connectivity index (χ4n) is 5.10. The van der Waals surface area contributed by atoms with Gasteiger partial charge < -0.3 is 14.9 Å². The van der Waals surface area contributed by atoms with E-state index in [1.165, 1.54) is 18.2 Å². The highest BCUT2D eigenvalue weighted by atomic mass is 19.1. The van der Waals surface area contributed by atoms with Crippen molar-refractivity contribution in [2.24, 2.45) is 0 Å². The van der Waals surface area contributed by atoms with Crippen LogP contribution in [0.2, 0.25) is 0 Å². The van der Waals surface area contributed by atoms with Gasteiger partial charge in [-0.05, 0) is 64.9 Å². The van der Waals surface area contributed by atoms with E-state index in [1.807, 2.05) is 67.6 Å². The van der Waals surface area contributed by atoms with Crippen molar-refractivity contribution in [3.05, 3.63) is 137 Å². The summed E-state index contributed by atoms with van der Waals surface area (Å²) < 4.78 is 20.0. The lowest BCUT2D eigenvalue weighted by molar-refractivity contribution is 0.0696. The number of hydrogen-bond donors (Lipinski definition) is 2. The number of carboxylic acid groups (broad SMARTS) is 1. The molecule has 6 nitrogen and oxygen atoms in total. The molecule has 5 aromatic carbocycles. The van der Waals surface area contributed by atoms with Gasteiger partial charge in [0.2, 0.25) is 0 Å². The molecule has 0 bridgehead atoms. The van der Waals surface area contributed by atoms with Gasteiger partial charge in [0.05, 0.1) is 22.6 Å². The molecule has 1 aromatic heterocycles. The molecule has 1 atom stereocenters. The molecule has 0 unspecified atom stereocenters. The van der Waals surface area contributed by atoms with E-state index in [2.05, 4.69) is 10.5 Å². The van der Waals surface area contributed by atoms with Crippen molar-refractivity contribution in [3.8, 4) is 11.1 Å². The van der Waals surface area contributed by atoms with Gasteiger partial charge in [0.1, 0.15) is 17.1 Å². The first kappa shape index (κ1) is 26.0. The molecular formula is C34H25FN2O4. The molecule has 7 heteroatoms. The molecule has 0 saturated heterocycles. The molecule has 0 radical (unpaired) electrons. The Hall–Kier alpha value is -5.30. The molecule has 1 heterocycles. The fraction of sp³-hybridized carbons (Fsp3) is 0.0882. The largest absolute Gasteiger partial charge is 0.478 e. The molecule has 41 heavy (non-hydrogen) atoms. The predicted octanol–water partition coefficient (Wildman–Crippen LogP) is 7.57. The second-order valence-electron chi connectivity index (χ2n) is 9.98. The summed E-state index contributed by atoms with van der Waals surface area (Å²) in [5.41, 5.74) is 4.56. The number of aromatic carboxylic acids is 1. The summed E-state index contributed by atoms with van der Waals surface area (Å²) in [6, 6.07) is 29.9. The van der Waals surface area contributed by atoms with Crippen LogP contribution in [0.3, 0.4) is 0 Å². The lowest BCUT2D eigenvalue weighted by Gasteiger charge is -2.16. The van der Waals surface area contributed by atoms with Crippen molar-refractivity contribution >= 4 is 33.6 Å². The van der Waals surface area contributed by atoms with Gasteiger partial charge in [-0.2, -0.15) is 0 Å². The fourth-order valence-corrected chi connectivity index (χ4v) is 5.10. The van der Waals surface area contributed by atoms with Crippen molar-refractivity contribution < 1.29 is 23.6 Å². The van der Waals surface area contributed by atoms with Gasteiger partial charge in [-0.25, -0.2) is 9.18 Å². The molecule has 0 spiro atoms. The van der Waals surface area contributed by atoms with Crippen LogP contribution in [-0.2, 0) is 6.42 Å². The van der Waals surface area contributed by atoms with E-state index in [9.17, 15) is 19.1 Å². The summed E-state index contributed by atoms with van der Waals surface area (Å²) in [5, 5.41) is 18.5. The first-order valence-electron chi connectivity index (χ1n) is 13.2. The number of carbonyl (C=O) groups excluding carboxylic acids is 1. The normalized spacial score (nSPS) is 12.0. The van der Waals surface area contributed by atoms with Crippen LogP contribution < -0.4 is 5.32 Å². The van der Waals surface area contributed by atoms with Gasteiger partial charge >= 0.3 is 5.97 Å². The molecule has 0 aliphatic heterocycles. The maximum atomic E-state index is 14.2. The van der Waals surface area contributed by atoms with E-state index >= 15 is 0 Å². The van der Waals surface area contributed by atoms with Gasteiger partial charge in [-0.1, -0.05) is 78.0 Å². The van der Waals surface area contributed by atoms with Crippen molar-refractivity contribution in [3.63, 3.8) is 0 Å². The van der Waals surface area contributed by atoms with Crippen molar-refractivity contribution in [1.29, 1.82) is 0 Å². The van der Waals surface area contributed by atoms with E-state index in [0.717, 1.165) is 27.6 Å². The molecule has 6 rings (SSSR count). The van der Waals surface area contributed by atoms with E-state index in [0.29, 0.717) is 34.0 Å². The SMILES string of the molecule is C[C@H](NC(=O)c1cc(-c2ccccc2)cc2noc(Cc3ccc4c(F)cccc4c3)c12)c1ccc(C(=O)O)cc1. The van der Waals surface area contributed by atoms with Crippen LogP contribution in [0.5, 0.6) is 0 Å². The zero-order chi connectivity index (χ0) is 28.5. The number of fused-ring (bicyclic) bond motifs is 2. The number of benzene rings is 5. The quantitative estimate of drug-likeness (QED) is 0.216. The summed E-state index contributed by atoms with van der Waals surface area (Å²) >= 11 is 0. The third kappa shape index (κ3) is 5.17. The van der Waals surface area contributed by atoms with Gasteiger partial charge in [-0.3, -0.25) is 4.79 Å². The molecule has 0 saturated carbocycles. The van der Waals surface area contributed by atoms with E-state index in [-0.39, 0.29) is 23.3 Å². The number of amides is 1. The monoisotopic (exact) mass is 544 g/mol. The summed E-state index contributed by atoms with van der Waals surface area (Å²) in [6.07, 6.45) is 0.361. The van der Waals surface area contributed by atoms with Crippen LogP contribution in [0.15, 0.2) is 108 Å². The Balaban J connectivity index is 1.39. The summed E-state index contributed by atoms with van der Waals surface area (Å²) in [7, 11) is 0. The number of nitrogens with one attached hydrogen (secondary N) is 1. The smallest absolute Gasteiger partial charge is 0.335 e. The second kappa shape index (κ2) is 10.7. The number of carbonyl (C=O) groups is 2. The van der Waals surface area contributed by atoms with Crippen LogP contribution in [0.4, 0.5) is 4.39 Å². The Bertz CT molecular complexity index is 1910. The minimum Gasteiger partial charge on any atom is -0.478 e. The second-order valence-corrected chi connectivity index (χ2v) is 9.98. The van der Waals surface area contributed by atoms with Crippen LogP contribution >= 0.6 is 0 Å². The topological polar surface area (TPSA) is 92.4 Å². The highest BCUT2D eigenvalue weighted by Gasteiger charge is 2.22. The van der Waals surface area contributed by atoms with E-state index < -0.39 is 5.97 Å². The van der Waals surface area contributed by atoms with Gasteiger partial charge in [0.15, 0.2) is 0 Å². The minimum absolute atomic E-state index is 0.176. The van der Waals surface area contributed by atoms with Crippen LogP contribution in [0.25, 0.3) is 32.8 Å². The first-order chi connectivity index (χ1) is 19.9. The Morgan fingerprint density at radius 3 is 2.44 bits per heavy atom. The maximum Gasteiger partial charge on any atom is 0.335 e. The number of aromatic nitrogens is 1. The molecular weight excluding hydrogens is 519 g/mol. The molecule has 0 aliphatic rings. The summed E-state index contributed by atoms with van der Waals surface area (Å²) in [4.78, 5) is 25.0. The number of nitrogens with zero attached hydrogens (tertiary/aromatic N) is 1. The third-order valence-electron chi connectivity index (χ3n) is 7.26. The van der Waals surface area contributed by atoms with Crippen LogP contribution in [-0.4, -0.2) is 22.1 Å². The average molecular weight is 545 g/mol. The molecule has 0 fully saturated rings. The van der Waals surface area contributed by atoms with Crippen LogP contribution in [0, 0.1) is 5.82 Å². The lowest BCUT2D eigenvalue weighted by Crippen LogP contribution is -2.27. The zero-order valence-corrected chi connectivity index (χ0v) is 22.1. The highest BCUT2D eigenvalue weighted by Crippen LogP contribution is 2.32. The molecule has 0 aliphatic carbocycles. The van der Waals surface area contributed by atoms with Crippen molar-refractivity contribution in [1.82, 2.24) is 10.5 Å². The van der Waals surface area contributed by atoms with E-state index in [1.54, 1.807) is 24.3 Å². The Morgan fingerprint density at radius 2 is 1.68 bits per heavy atom. The van der Waals surface area contributed by atoms with Crippen molar-refractivity contribution in [2.45, 2.75) is 19.4 Å². The number of carboxylic acids is 1. The molecule has 2 N–H and O–H groups in total. The van der Waals surface area contributed by atoms with Crippen molar-refractivity contribution in [2.75, 3.05) is 0 Å². The van der Waals surface area contributed by atoms with E-state index in [4.69, 9.17) is 4.52 Å². The van der Waals surface area contributed by atoms with Gasteiger partial charge in [-0.15, -0.1) is 0 Å². The average Bonchev–Trinajstić information content (AvgIpc) is 3.39. The van der Waals surface area contributed by atoms with Gasteiger partial charge in [0, 0.05) is 11.8 Å². The number of rotatable bonds is 7. The predicted molar refractivity (Wildman–Crippen MR) is 155 cm³/mol. The minimum atomic E-state index is -1.01. The Labute approximate surface area is 235 Å². The molecule has 6 aromatic rings. The Morgan fingerprint density at radius 1 is 0.902 bits per heavy atom. The summed E-state index contributed by atoms with van der Waals surface area (Å²) in [6.45, 7) is 1.84. The first-order valence-corrected chi connectivity index (χ1v) is 13.2. The zero-order valence-electron chi connectivity index (χ0n) is 22.1. The molecule has 202 valence electrons. The highest BCUT2D eigenvalue weighted by molar-refractivity contribution is 6.09. The molecule has 1 amide bonds. The summed E-state index contributed by atoms with van der Waals surface area (Å²) in [5.74, 6) is -1.07. The Kier molecular flexibility index (Phi) is 6.77. The third-order valence-corrected chi connectivity index (χ3v) is 7.26. The standard InChI is InChI=1S/C34H25FN2O4/c1-20(22-11-13-24(14-12-22)34(39)40)36-33(38)28-18-26(23-6-3-2-4-7-23)19-30-32(28)31(41-37-30)17-21-10-15-27-25(16-21)8-5-9-29(27)35/h2-16,18-20H,17H2,1H3,(H,36,38)(H,39,40)/t20-/m0/s1. The van der Waals surface area contributed by atoms with Gasteiger partial charge in [0.25, 0.3) is 5.91 Å². The lowest BCUT2D eigenvalue weighted by atomic mass is 9.96. The maximum absolute atomic E-state index is 14.2. The van der Waals surface area contributed by atoms with Crippen LogP contribution in [0.1, 0.15) is 50.6 Å².